The standard InChI is InChI=1S/C15H30O5/c1-4-5-6-7-8-9-12-14(13(18)11(17)10-16)20-15(2,3)19-12/h11-14,16-18H,4-10H2,1-3H3/t11-,12-,13+,14-/m1/s1. The summed E-state index contributed by atoms with van der Waals surface area (Å²) in [6.45, 7) is 5.30. The molecule has 1 aliphatic rings. The zero-order chi connectivity index (χ0) is 15.2. The van der Waals surface area contributed by atoms with Gasteiger partial charge in [-0.05, 0) is 20.3 Å². The number of aliphatic hydroxyl groups excluding tert-OH is 3. The maximum Gasteiger partial charge on any atom is 0.163 e. The minimum atomic E-state index is -1.19. The van der Waals surface area contributed by atoms with E-state index in [4.69, 9.17) is 14.6 Å². The van der Waals surface area contributed by atoms with Gasteiger partial charge in [0.15, 0.2) is 5.79 Å². The van der Waals surface area contributed by atoms with Crippen molar-refractivity contribution in [3.63, 3.8) is 0 Å². The largest absolute Gasteiger partial charge is 0.394 e. The van der Waals surface area contributed by atoms with Crippen LogP contribution in [0.4, 0.5) is 0 Å². The molecule has 1 rings (SSSR count). The minimum Gasteiger partial charge on any atom is -0.394 e. The van der Waals surface area contributed by atoms with Crippen LogP contribution in [-0.4, -0.2) is 52.1 Å². The second-order valence-corrected chi connectivity index (χ2v) is 6.08. The van der Waals surface area contributed by atoms with Crippen molar-refractivity contribution in [1.82, 2.24) is 0 Å². The number of hydrogen-bond acceptors (Lipinski definition) is 5. The number of aliphatic hydroxyl groups is 3. The van der Waals surface area contributed by atoms with Gasteiger partial charge in [0.2, 0.25) is 0 Å². The molecule has 3 N–H and O–H groups in total. The Kier molecular flexibility index (Phi) is 7.40. The second kappa shape index (κ2) is 8.29. The maximum absolute atomic E-state index is 10.0. The normalized spacial score (nSPS) is 28.5. The Bertz CT molecular complexity index is 269. The summed E-state index contributed by atoms with van der Waals surface area (Å²) in [4.78, 5) is 0. The molecule has 20 heavy (non-hydrogen) atoms. The monoisotopic (exact) mass is 290 g/mol. The summed E-state index contributed by atoms with van der Waals surface area (Å²) in [5.74, 6) is -0.755. The summed E-state index contributed by atoms with van der Waals surface area (Å²) in [6.07, 6.45) is 3.47. The van der Waals surface area contributed by atoms with Gasteiger partial charge in [0.05, 0.1) is 12.7 Å². The molecule has 0 aliphatic carbocycles. The fourth-order valence-corrected chi connectivity index (χ4v) is 2.65. The first kappa shape index (κ1) is 17.9. The SMILES string of the molecule is CCCCCCC[C@H]1OC(C)(C)O[C@H]1[C@@H](O)[C@H](O)CO. The molecule has 1 heterocycles. The van der Waals surface area contributed by atoms with Crippen LogP contribution in [0.15, 0.2) is 0 Å². The fourth-order valence-electron chi connectivity index (χ4n) is 2.65. The number of unbranched alkanes of at least 4 members (excludes halogenated alkanes) is 4. The van der Waals surface area contributed by atoms with Gasteiger partial charge in [-0.3, -0.25) is 0 Å². The van der Waals surface area contributed by atoms with Crippen molar-refractivity contribution < 1.29 is 24.8 Å². The third kappa shape index (κ3) is 5.30. The van der Waals surface area contributed by atoms with Crippen LogP contribution in [0.1, 0.15) is 59.3 Å². The Balaban J connectivity index is 2.48. The smallest absolute Gasteiger partial charge is 0.163 e. The molecule has 1 saturated heterocycles. The van der Waals surface area contributed by atoms with Crippen LogP contribution in [-0.2, 0) is 9.47 Å². The number of ether oxygens (including phenoxy) is 2. The van der Waals surface area contributed by atoms with Crippen LogP contribution >= 0.6 is 0 Å². The molecular formula is C15H30O5. The van der Waals surface area contributed by atoms with Crippen molar-refractivity contribution in [2.75, 3.05) is 6.61 Å². The molecule has 1 aliphatic heterocycles. The van der Waals surface area contributed by atoms with Crippen molar-refractivity contribution in [1.29, 1.82) is 0 Å². The van der Waals surface area contributed by atoms with Gasteiger partial charge in [0.1, 0.15) is 18.3 Å². The predicted octanol–water partition coefficient (Wildman–Crippen LogP) is 1.58. The van der Waals surface area contributed by atoms with E-state index in [1.165, 1.54) is 19.3 Å². The van der Waals surface area contributed by atoms with Gasteiger partial charge < -0.3 is 24.8 Å². The van der Waals surface area contributed by atoms with Gasteiger partial charge in [-0.2, -0.15) is 0 Å². The first-order valence-corrected chi connectivity index (χ1v) is 7.74. The first-order valence-electron chi connectivity index (χ1n) is 7.74. The average Bonchev–Trinajstić information content (AvgIpc) is 2.72. The zero-order valence-electron chi connectivity index (χ0n) is 12.9. The van der Waals surface area contributed by atoms with Crippen LogP contribution in [0.25, 0.3) is 0 Å². The fraction of sp³-hybridized carbons (Fsp3) is 1.00. The Labute approximate surface area is 121 Å². The minimum absolute atomic E-state index is 0.233. The third-order valence-electron chi connectivity index (χ3n) is 3.73. The second-order valence-electron chi connectivity index (χ2n) is 6.08. The van der Waals surface area contributed by atoms with Crippen LogP contribution in [0.5, 0.6) is 0 Å². The Morgan fingerprint density at radius 2 is 1.70 bits per heavy atom. The molecule has 0 aromatic heterocycles. The van der Waals surface area contributed by atoms with Crippen molar-refractivity contribution in [2.45, 2.75) is 89.5 Å². The van der Waals surface area contributed by atoms with Crippen molar-refractivity contribution in [2.24, 2.45) is 0 Å². The molecule has 0 bridgehead atoms. The van der Waals surface area contributed by atoms with E-state index in [2.05, 4.69) is 6.92 Å². The molecule has 0 radical (unpaired) electrons. The molecule has 0 spiro atoms. The highest BCUT2D eigenvalue weighted by molar-refractivity contribution is 4.89. The summed E-state index contributed by atoms with van der Waals surface area (Å²) in [5.41, 5.74) is 0. The van der Waals surface area contributed by atoms with Gasteiger partial charge >= 0.3 is 0 Å². The van der Waals surface area contributed by atoms with Gasteiger partial charge in [0, 0.05) is 0 Å². The number of rotatable bonds is 9. The van der Waals surface area contributed by atoms with E-state index in [-0.39, 0.29) is 6.10 Å². The summed E-state index contributed by atoms with van der Waals surface area (Å²) in [6, 6.07) is 0. The maximum atomic E-state index is 10.0. The van der Waals surface area contributed by atoms with E-state index in [0.717, 1.165) is 19.3 Å². The Morgan fingerprint density at radius 1 is 1.05 bits per heavy atom. The molecule has 0 unspecified atom stereocenters. The molecule has 1 fully saturated rings. The summed E-state index contributed by atoms with van der Waals surface area (Å²) in [7, 11) is 0. The predicted molar refractivity (Wildman–Crippen MR) is 76.3 cm³/mol. The highest BCUT2D eigenvalue weighted by Gasteiger charge is 2.46. The van der Waals surface area contributed by atoms with Gasteiger partial charge in [-0.1, -0.05) is 39.0 Å². The average molecular weight is 290 g/mol. The van der Waals surface area contributed by atoms with Crippen LogP contribution in [0.2, 0.25) is 0 Å². The summed E-state index contributed by atoms with van der Waals surface area (Å²) in [5, 5.41) is 28.6. The van der Waals surface area contributed by atoms with Gasteiger partial charge in [-0.25, -0.2) is 0 Å². The molecule has 5 nitrogen and oxygen atoms in total. The van der Waals surface area contributed by atoms with Crippen molar-refractivity contribution in [3.8, 4) is 0 Å². The molecule has 5 heteroatoms. The van der Waals surface area contributed by atoms with Crippen LogP contribution in [0.3, 0.4) is 0 Å². The molecule has 0 amide bonds. The molecule has 0 saturated carbocycles. The molecular weight excluding hydrogens is 260 g/mol. The first-order chi connectivity index (χ1) is 9.41. The lowest BCUT2D eigenvalue weighted by Gasteiger charge is -2.25. The van der Waals surface area contributed by atoms with Gasteiger partial charge in [-0.15, -0.1) is 0 Å². The van der Waals surface area contributed by atoms with Crippen molar-refractivity contribution >= 4 is 0 Å². The molecule has 120 valence electrons. The van der Waals surface area contributed by atoms with E-state index in [1.54, 1.807) is 13.8 Å². The Morgan fingerprint density at radius 3 is 2.30 bits per heavy atom. The van der Waals surface area contributed by atoms with Crippen molar-refractivity contribution in [3.05, 3.63) is 0 Å². The third-order valence-corrected chi connectivity index (χ3v) is 3.73. The van der Waals surface area contributed by atoms with E-state index in [9.17, 15) is 10.2 Å². The highest BCUT2D eigenvalue weighted by Crippen LogP contribution is 2.33. The lowest BCUT2D eigenvalue weighted by atomic mass is 9.98. The van der Waals surface area contributed by atoms with E-state index in [0.29, 0.717) is 0 Å². The summed E-state index contributed by atoms with van der Waals surface area (Å²) >= 11 is 0. The summed E-state index contributed by atoms with van der Waals surface area (Å²) < 4.78 is 11.5. The quantitative estimate of drug-likeness (QED) is 0.562. The Hall–Kier alpha value is -0.200. The zero-order valence-corrected chi connectivity index (χ0v) is 12.9. The van der Waals surface area contributed by atoms with E-state index >= 15 is 0 Å². The van der Waals surface area contributed by atoms with E-state index < -0.39 is 30.7 Å². The topological polar surface area (TPSA) is 79.2 Å². The molecule has 4 atom stereocenters. The number of hydrogen-bond donors (Lipinski definition) is 3. The lowest BCUT2D eigenvalue weighted by Crippen LogP contribution is -2.44. The molecule has 0 aromatic rings. The molecule has 0 aromatic carbocycles. The van der Waals surface area contributed by atoms with E-state index in [1.807, 2.05) is 0 Å². The van der Waals surface area contributed by atoms with Gasteiger partial charge in [0.25, 0.3) is 0 Å². The highest BCUT2D eigenvalue weighted by atomic mass is 16.8. The lowest BCUT2D eigenvalue weighted by molar-refractivity contribution is -0.164. The van der Waals surface area contributed by atoms with Crippen LogP contribution in [0, 0.1) is 0 Å². The van der Waals surface area contributed by atoms with Crippen LogP contribution < -0.4 is 0 Å².